The molecule has 1 aliphatic heterocycles. The standard InChI is InChI=1S/C15H24N2O3S/c1-5-15(6-2)9-11(7-8-20-15)17-14-16-10(3)12(21-14)13(18)19-4/h11H,5-9H2,1-4H3,(H,16,17). The van der Waals surface area contributed by atoms with Gasteiger partial charge in [0.25, 0.3) is 0 Å². The minimum atomic E-state index is -0.318. The van der Waals surface area contributed by atoms with Crippen LogP contribution >= 0.6 is 11.3 Å². The summed E-state index contributed by atoms with van der Waals surface area (Å²) in [4.78, 5) is 16.6. The first-order valence-corrected chi connectivity index (χ1v) is 8.31. The Morgan fingerprint density at radius 3 is 2.86 bits per heavy atom. The number of aryl methyl sites for hydroxylation is 1. The highest BCUT2D eigenvalue weighted by Gasteiger charge is 2.34. The molecule has 1 aromatic rings. The van der Waals surface area contributed by atoms with Crippen molar-refractivity contribution in [3.63, 3.8) is 0 Å². The molecule has 1 aliphatic rings. The largest absolute Gasteiger partial charge is 0.465 e. The summed E-state index contributed by atoms with van der Waals surface area (Å²) in [6, 6.07) is 0.342. The highest BCUT2D eigenvalue weighted by atomic mass is 32.1. The summed E-state index contributed by atoms with van der Waals surface area (Å²) in [6.45, 7) is 6.96. The van der Waals surface area contributed by atoms with Gasteiger partial charge in [-0.2, -0.15) is 0 Å². The summed E-state index contributed by atoms with van der Waals surface area (Å²) in [5.41, 5.74) is 0.701. The van der Waals surface area contributed by atoms with E-state index in [1.54, 1.807) is 0 Å². The van der Waals surface area contributed by atoms with Crippen LogP contribution in [-0.4, -0.2) is 36.3 Å². The molecule has 2 rings (SSSR count). The molecule has 1 atom stereocenters. The van der Waals surface area contributed by atoms with Crippen LogP contribution in [0.15, 0.2) is 0 Å². The van der Waals surface area contributed by atoms with Crippen molar-refractivity contribution in [2.45, 2.75) is 58.1 Å². The number of carbonyl (C=O) groups excluding carboxylic acids is 1. The highest BCUT2D eigenvalue weighted by Crippen LogP contribution is 2.33. The number of thiazole rings is 1. The SMILES string of the molecule is CCC1(CC)CC(Nc2nc(C)c(C(=O)OC)s2)CCO1. The summed E-state index contributed by atoms with van der Waals surface area (Å²) in [6.07, 6.45) is 3.98. The number of ether oxygens (including phenoxy) is 2. The lowest BCUT2D eigenvalue weighted by Crippen LogP contribution is -2.43. The Balaban J connectivity index is 2.06. The van der Waals surface area contributed by atoms with Crippen LogP contribution in [0.1, 0.15) is 54.9 Å². The smallest absolute Gasteiger partial charge is 0.350 e. The average molecular weight is 312 g/mol. The zero-order valence-corrected chi connectivity index (χ0v) is 14.0. The Morgan fingerprint density at radius 2 is 2.24 bits per heavy atom. The van der Waals surface area contributed by atoms with Crippen molar-refractivity contribution in [2.24, 2.45) is 0 Å². The number of nitrogens with one attached hydrogen (secondary N) is 1. The van der Waals surface area contributed by atoms with Gasteiger partial charge in [-0.05, 0) is 32.6 Å². The lowest BCUT2D eigenvalue weighted by molar-refractivity contribution is -0.0864. The fraction of sp³-hybridized carbons (Fsp3) is 0.733. The molecule has 1 saturated heterocycles. The van der Waals surface area contributed by atoms with Gasteiger partial charge in [0.2, 0.25) is 0 Å². The minimum absolute atomic E-state index is 0.0204. The lowest BCUT2D eigenvalue weighted by atomic mass is 9.86. The fourth-order valence-corrected chi connectivity index (χ4v) is 3.77. The minimum Gasteiger partial charge on any atom is -0.465 e. The predicted molar refractivity (Wildman–Crippen MR) is 84.1 cm³/mol. The van der Waals surface area contributed by atoms with Crippen LogP contribution in [0.25, 0.3) is 0 Å². The number of hydrogen-bond acceptors (Lipinski definition) is 6. The average Bonchev–Trinajstić information content (AvgIpc) is 2.87. The number of aromatic nitrogens is 1. The van der Waals surface area contributed by atoms with Crippen molar-refractivity contribution in [3.8, 4) is 0 Å². The first-order valence-electron chi connectivity index (χ1n) is 7.49. The second-order valence-corrected chi connectivity index (χ2v) is 6.50. The van der Waals surface area contributed by atoms with Gasteiger partial charge in [0.15, 0.2) is 5.13 Å². The molecule has 1 fully saturated rings. The van der Waals surface area contributed by atoms with Gasteiger partial charge in [0, 0.05) is 12.6 Å². The Bertz CT molecular complexity index is 497. The number of anilines is 1. The van der Waals surface area contributed by atoms with Gasteiger partial charge < -0.3 is 14.8 Å². The highest BCUT2D eigenvalue weighted by molar-refractivity contribution is 7.17. The van der Waals surface area contributed by atoms with Crippen molar-refractivity contribution in [2.75, 3.05) is 19.0 Å². The summed E-state index contributed by atoms with van der Waals surface area (Å²) >= 11 is 1.36. The monoisotopic (exact) mass is 312 g/mol. The number of methoxy groups -OCH3 is 1. The molecule has 0 spiro atoms. The van der Waals surface area contributed by atoms with Crippen LogP contribution in [0.4, 0.5) is 5.13 Å². The van der Waals surface area contributed by atoms with E-state index in [0.29, 0.717) is 10.9 Å². The second kappa shape index (κ2) is 6.75. The van der Waals surface area contributed by atoms with E-state index in [2.05, 4.69) is 24.1 Å². The maximum atomic E-state index is 11.6. The third kappa shape index (κ3) is 3.55. The van der Waals surface area contributed by atoms with Gasteiger partial charge in [0.05, 0.1) is 18.4 Å². The third-order valence-corrected chi connectivity index (χ3v) is 5.35. The van der Waals surface area contributed by atoms with E-state index in [9.17, 15) is 4.79 Å². The van der Waals surface area contributed by atoms with E-state index >= 15 is 0 Å². The molecule has 6 heteroatoms. The van der Waals surface area contributed by atoms with E-state index in [-0.39, 0.29) is 11.6 Å². The molecular formula is C15H24N2O3S. The number of esters is 1. The van der Waals surface area contributed by atoms with Gasteiger partial charge in [0.1, 0.15) is 4.88 Å². The molecule has 0 aromatic carbocycles. The Hall–Kier alpha value is -1.14. The molecule has 118 valence electrons. The molecule has 5 nitrogen and oxygen atoms in total. The fourth-order valence-electron chi connectivity index (χ4n) is 2.81. The molecule has 1 aromatic heterocycles. The summed E-state index contributed by atoms with van der Waals surface area (Å²) < 4.78 is 10.8. The second-order valence-electron chi connectivity index (χ2n) is 5.50. The van der Waals surface area contributed by atoms with Crippen LogP contribution in [0.5, 0.6) is 0 Å². The molecule has 1 N–H and O–H groups in total. The topological polar surface area (TPSA) is 60.5 Å². The van der Waals surface area contributed by atoms with Crippen LogP contribution in [0, 0.1) is 6.92 Å². The number of rotatable bonds is 5. The van der Waals surface area contributed by atoms with Crippen LogP contribution in [0.3, 0.4) is 0 Å². The quantitative estimate of drug-likeness (QED) is 0.845. The van der Waals surface area contributed by atoms with Crippen LogP contribution in [0.2, 0.25) is 0 Å². The Morgan fingerprint density at radius 1 is 1.52 bits per heavy atom. The first-order chi connectivity index (χ1) is 10.0. The Labute approximate surface area is 130 Å². The van der Waals surface area contributed by atoms with Crippen LogP contribution < -0.4 is 5.32 Å². The molecule has 2 heterocycles. The third-order valence-electron chi connectivity index (χ3n) is 4.28. The van der Waals surface area contributed by atoms with Gasteiger partial charge in [-0.15, -0.1) is 0 Å². The van der Waals surface area contributed by atoms with E-state index in [1.807, 2.05) is 6.92 Å². The Kier molecular flexibility index (Phi) is 5.22. The molecule has 1 unspecified atom stereocenters. The van der Waals surface area contributed by atoms with E-state index in [1.165, 1.54) is 18.4 Å². The molecule has 0 amide bonds. The summed E-state index contributed by atoms with van der Waals surface area (Å²) in [5, 5.41) is 4.26. The molecule has 21 heavy (non-hydrogen) atoms. The zero-order valence-electron chi connectivity index (χ0n) is 13.2. The van der Waals surface area contributed by atoms with Crippen molar-refractivity contribution in [1.29, 1.82) is 0 Å². The first kappa shape index (κ1) is 16.2. The van der Waals surface area contributed by atoms with Crippen LogP contribution in [-0.2, 0) is 9.47 Å². The normalized spacial score (nSPS) is 21.0. The molecule has 0 radical (unpaired) electrons. The molecule has 0 saturated carbocycles. The zero-order chi connectivity index (χ0) is 15.5. The molecule has 0 aliphatic carbocycles. The van der Waals surface area contributed by atoms with Crippen molar-refractivity contribution in [3.05, 3.63) is 10.6 Å². The predicted octanol–water partition coefficient (Wildman–Crippen LogP) is 3.39. The van der Waals surface area contributed by atoms with E-state index < -0.39 is 0 Å². The van der Waals surface area contributed by atoms with Gasteiger partial charge in [-0.1, -0.05) is 25.2 Å². The summed E-state index contributed by atoms with van der Waals surface area (Å²) in [5.74, 6) is -0.318. The van der Waals surface area contributed by atoms with Gasteiger partial charge in [-0.3, -0.25) is 0 Å². The van der Waals surface area contributed by atoms with E-state index in [4.69, 9.17) is 9.47 Å². The van der Waals surface area contributed by atoms with Gasteiger partial charge >= 0.3 is 5.97 Å². The molecular weight excluding hydrogens is 288 g/mol. The number of hydrogen-bond donors (Lipinski definition) is 1. The maximum absolute atomic E-state index is 11.6. The van der Waals surface area contributed by atoms with Crippen molar-refractivity contribution >= 4 is 22.4 Å². The molecule has 0 bridgehead atoms. The van der Waals surface area contributed by atoms with E-state index in [0.717, 1.165) is 43.1 Å². The summed E-state index contributed by atoms with van der Waals surface area (Å²) in [7, 11) is 1.39. The lowest BCUT2D eigenvalue weighted by Gasteiger charge is -2.40. The number of nitrogens with zero attached hydrogens (tertiary/aromatic N) is 1. The number of carbonyl (C=O) groups is 1. The maximum Gasteiger partial charge on any atom is 0.350 e. The van der Waals surface area contributed by atoms with Crippen molar-refractivity contribution in [1.82, 2.24) is 4.98 Å². The van der Waals surface area contributed by atoms with Crippen molar-refractivity contribution < 1.29 is 14.3 Å². The van der Waals surface area contributed by atoms with Gasteiger partial charge in [-0.25, -0.2) is 9.78 Å².